The maximum Gasteiger partial charge on any atom is 0.00380 e. The van der Waals surface area contributed by atoms with Crippen LogP contribution < -0.4 is 0 Å². The summed E-state index contributed by atoms with van der Waals surface area (Å²) in [6.07, 6.45) is 4.44. The third-order valence-electron chi connectivity index (χ3n) is 3.70. The van der Waals surface area contributed by atoms with E-state index in [2.05, 4.69) is 18.9 Å². The summed E-state index contributed by atoms with van der Waals surface area (Å²) in [5.74, 6) is 1.01. The van der Waals surface area contributed by atoms with Gasteiger partial charge in [0.05, 0.1) is 0 Å². The zero-order chi connectivity index (χ0) is 7.19. The normalized spacial score (nSPS) is 48.0. The predicted octanol–water partition coefficient (Wildman–Crippen LogP) is 1.74. The second-order valence-electron chi connectivity index (χ2n) is 4.29. The van der Waals surface area contributed by atoms with Crippen LogP contribution in [0, 0.1) is 11.3 Å². The Balaban J connectivity index is 2.04. The highest BCUT2D eigenvalue weighted by Crippen LogP contribution is 2.52. The van der Waals surface area contributed by atoms with E-state index in [0.717, 1.165) is 11.3 Å². The highest BCUT2D eigenvalue weighted by atomic mass is 15.1. The van der Waals surface area contributed by atoms with Crippen molar-refractivity contribution in [2.24, 2.45) is 11.3 Å². The fourth-order valence-electron chi connectivity index (χ4n) is 2.56. The molecule has 1 aliphatic heterocycles. The van der Waals surface area contributed by atoms with Crippen molar-refractivity contribution < 1.29 is 0 Å². The van der Waals surface area contributed by atoms with Gasteiger partial charge in [0.2, 0.25) is 0 Å². The number of nitrogens with zero attached hydrogens (tertiary/aromatic N) is 1. The molecule has 10 heavy (non-hydrogen) atoms. The van der Waals surface area contributed by atoms with E-state index in [-0.39, 0.29) is 0 Å². The minimum Gasteiger partial charge on any atom is -0.306 e. The molecule has 1 saturated heterocycles. The van der Waals surface area contributed by atoms with E-state index in [1.807, 2.05) is 0 Å². The quantitative estimate of drug-likeness (QED) is 0.494. The minimum absolute atomic E-state index is 0.773. The van der Waals surface area contributed by atoms with Crippen LogP contribution in [0.5, 0.6) is 0 Å². The van der Waals surface area contributed by atoms with E-state index in [9.17, 15) is 0 Å². The van der Waals surface area contributed by atoms with E-state index < -0.39 is 0 Å². The number of hydrogen-bond donors (Lipinski definition) is 0. The lowest BCUT2D eigenvalue weighted by Gasteiger charge is -2.45. The predicted molar refractivity (Wildman–Crippen MR) is 42.9 cm³/mol. The summed E-state index contributed by atoms with van der Waals surface area (Å²) in [6, 6.07) is 0. The first-order valence-corrected chi connectivity index (χ1v) is 4.41. The maximum absolute atomic E-state index is 2.48. The molecule has 1 heterocycles. The monoisotopic (exact) mass is 139 g/mol. The Morgan fingerprint density at radius 2 is 2.20 bits per heavy atom. The third kappa shape index (κ3) is 0.731. The molecule has 0 aromatic carbocycles. The molecule has 1 saturated carbocycles. The molecule has 0 aromatic heterocycles. The third-order valence-corrected chi connectivity index (χ3v) is 3.70. The van der Waals surface area contributed by atoms with Crippen LogP contribution in [0.3, 0.4) is 0 Å². The Morgan fingerprint density at radius 3 is 2.40 bits per heavy atom. The van der Waals surface area contributed by atoms with Crippen LogP contribution in [0.2, 0.25) is 0 Å². The van der Waals surface area contributed by atoms with Crippen molar-refractivity contribution in [1.29, 1.82) is 0 Å². The highest BCUT2D eigenvalue weighted by molar-refractivity contribution is 4.99. The van der Waals surface area contributed by atoms with E-state index >= 15 is 0 Å². The van der Waals surface area contributed by atoms with E-state index in [0.29, 0.717) is 0 Å². The molecule has 0 bridgehead atoms. The molecule has 58 valence electrons. The molecule has 0 aromatic rings. The topological polar surface area (TPSA) is 3.24 Å². The summed E-state index contributed by atoms with van der Waals surface area (Å²) in [6.45, 7) is 5.13. The highest BCUT2D eigenvalue weighted by Gasteiger charge is 2.47. The second-order valence-corrected chi connectivity index (χ2v) is 4.29. The van der Waals surface area contributed by atoms with E-state index in [1.165, 1.54) is 32.4 Å². The van der Waals surface area contributed by atoms with Gasteiger partial charge >= 0.3 is 0 Å². The Kier molecular flexibility index (Phi) is 1.31. The van der Waals surface area contributed by atoms with E-state index in [4.69, 9.17) is 0 Å². The number of hydrogen-bond acceptors (Lipinski definition) is 1. The van der Waals surface area contributed by atoms with Crippen molar-refractivity contribution in [3.05, 3.63) is 0 Å². The average molecular weight is 139 g/mol. The van der Waals surface area contributed by atoms with Gasteiger partial charge < -0.3 is 4.90 Å². The molecule has 2 aliphatic rings. The summed E-state index contributed by atoms with van der Waals surface area (Å²) in [4.78, 5) is 2.48. The summed E-state index contributed by atoms with van der Waals surface area (Å²) in [7, 11) is 2.25. The van der Waals surface area contributed by atoms with Crippen molar-refractivity contribution in [2.75, 3.05) is 20.1 Å². The molecule has 1 unspecified atom stereocenters. The van der Waals surface area contributed by atoms with Gasteiger partial charge in [-0.25, -0.2) is 0 Å². The van der Waals surface area contributed by atoms with Gasteiger partial charge in [-0.2, -0.15) is 0 Å². The van der Waals surface area contributed by atoms with Gasteiger partial charge in [-0.05, 0) is 44.2 Å². The van der Waals surface area contributed by atoms with Gasteiger partial charge in [0.15, 0.2) is 0 Å². The van der Waals surface area contributed by atoms with Crippen molar-refractivity contribution in [2.45, 2.75) is 26.2 Å². The molecular formula is C9H17N. The molecular weight excluding hydrogens is 122 g/mol. The summed E-state index contributed by atoms with van der Waals surface area (Å²) >= 11 is 0. The lowest BCUT2D eigenvalue weighted by atomic mass is 9.60. The molecule has 1 aliphatic carbocycles. The Labute approximate surface area is 63.4 Å². The van der Waals surface area contributed by atoms with Crippen LogP contribution in [0.4, 0.5) is 0 Å². The molecule has 2 rings (SSSR count). The average Bonchev–Trinajstić information content (AvgIpc) is 2.31. The fourth-order valence-corrected chi connectivity index (χ4v) is 2.56. The maximum atomic E-state index is 2.48. The van der Waals surface area contributed by atoms with Gasteiger partial charge in [0.25, 0.3) is 0 Å². The lowest BCUT2D eigenvalue weighted by Crippen LogP contribution is -2.40. The van der Waals surface area contributed by atoms with Gasteiger partial charge in [-0.3, -0.25) is 0 Å². The zero-order valence-electron chi connectivity index (χ0n) is 7.06. The lowest BCUT2D eigenvalue weighted by molar-refractivity contribution is 0.0566. The first kappa shape index (κ1) is 6.66. The van der Waals surface area contributed by atoms with Gasteiger partial charge in [0.1, 0.15) is 0 Å². The Hall–Kier alpha value is -0.0400. The number of rotatable bonds is 0. The second kappa shape index (κ2) is 1.97. The van der Waals surface area contributed by atoms with Crippen LogP contribution >= 0.6 is 0 Å². The first-order chi connectivity index (χ1) is 4.73. The molecule has 1 spiro atoms. The summed E-state index contributed by atoms with van der Waals surface area (Å²) in [5.41, 5.74) is 0.773. The smallest absolute Gasteiger partial charge is 0.00380 e. The Bertz CT molecular complexity index is 144. The van der Waals surface area contributed by atoms with Gasteiger partial charge in [0, 0.05) is 6.54 Å². The largest absolute Gasteiger partial charge is 0.306 e. The van der Waals surface area contributed by atoms with Gasteiger partial charge in [-0.15, -0.1) is 0 Å². The van der Waals surface area contributed by atoms with Crippen LogP contribution in [0.1, 0.15) is 26.2 Å². The van der Waals surface area contributed by atoms with Crippen molar-refractivity contribution in [1.82, 2.24) is 4.90 Å². The minimum atomic E-state index is 0.773. The summed E-state index contributed by atoms with van der Waals surface area (Å²) in [5, 5.41) is 0. The van der Waals surface area contributed by atoms with E-state index in [1.54, 1.807) is 0 Å². The molecule has 1 nitrogen and oxygen atoms in total. The SMILES string of the molecule is C[C@@H]1CCC12CCN(C)C2. The van der Waals surface area contributed by atoms with Gasteiger partial charge in [-0.1, -0.05) is 6.92 Å². The molecule has 2 fully saturated rings. The van der Waals surface area contributed by atoms with Crippen LogP contribution in [-0.2, 0) is 0 Å². The zero-order valence-corrected chi connectivity index (χ0v) is 7.06. The van der Waals surface area contributed by atoms with Crippen molar-refractivity contribution >= 4 is 0 Å². The van der Waals surface area contributed by atoms with Crippen molar-refractivity contribution in [3.8, 4) is 0 Å². The molecule has 0 N–H and O–H groups in total. The van der Waals surface area contributed by atoms with Crippen LogP contribution in [-0.4, -0.2) is 25.0 Å². The molecule has 0 radical (unpaired) electrons. The molecule has 0 amide bonds. The van der Waals surface area contributed by atoms with Crippen LogP contribution in [0.25, 0.3) is 0 Å². The number of likely N-dealkylation sites (tertiary alicyclic amines) is 1. The fraction of sp³-hybridized carbons (Fsp3) is 1.00. The summed E-state index contributed by atoms with van der Waals surface area (Å²) < 4.78 is 0. The van der Waals surface area contributed by atoms with Crippen molar-refractivity contribution in [3.63, 3.8) is 0 Å². The van der Waals surface area contributed by atoms with Crippen LogP contribution in [0.15, 0.2) is 0 Å². The molecule has 2 atom stereocenters. The standard InChI is InChI=1S/C9H17N/c1-8-3-4-9(8)5-6-10(2)7-9/h8H,3-7H2,1-2H3/t8-,9?/m1/s1. The molecule has 1 heteroatoms. The first-order valence-electron chi connectivity index (χ1n) is 4.41. The Morgan fingerprint density at radius 1 is 1.40 bits per heavy atom.